The molecule has 1 aliphatic rings. The molecule has 0 saturated heterocycles. The largest absolute Gasteiger partial charge is 0.454 e. The van der Waals surface area contributed by atoms with Crippen molar-refractivity contribution in [3.8, 4) is 0 Å². The van der Waals surface area contributed by atoms with Gasteiger partial charge in [-0.05, 0) is 25.0 Å². The second kappa shape index (κ2) is 9.10. The van der Waals surface area contributed by atoms with Crippen LogP contribution in [0.2, 0.25) is 0 Å². The van der Waals surface area contributed by atoms with Crippen LogP contribution in [0.3, 0.4) is 0 Å². The maximum Gasteiger partial charge on any atom is 0.325 e. The quantitative estimate of drug-likeness (QED) is 0.767. The second-order valence-corrected chi connectivity index (χ2v) is 5.89. The summed E-state index contributed by atoms with van der Waals surface area (Å²) in [5.41, 5.74) is 0.0468. The molecule has 2 amide bonds. The van der Waals surface area contributed by atoms with Crippen LogP contribution in [0.5, 0.6) is 0 Å². The summed E-state index contributed by atoms with van der Waals surface area (Å²) in [6.07, 6.45) is 4.77. The van der Waals surface area contributed by atoms with Gasteiger partial charge in [0.2, 0.25) is 5.91 Å². The lowest BCUT2D eigenvalue weighted by molar-refractivity contribution is -0.147. The van der Waals surface area contributed by atoms with Gasteiger partial charge >= 0.3 is 5.97 Å². The zero-order chi connectivity index (χ0) is 18.2. The number of benzene rings is 1. The van der Waals surface area contributed by atoms with Gasteiger partial charge in [-0.2, -0.15) is 0 Å². The van der Waals surface area contributed by atoms with Crippen molar-refractivity contribution in [2.24, 2.45) is 5.92 Å². The number of esters is 1. The average Bonchev–Trinajstić information content (AvgIpc) is 2.61. The molecule has 1 aromatic carbocycles. The van der Waals surface area contributed by atoms with E-state index in [-0.39, 0.29) is 24.1 Å². The molecule has 1 fully saturated rings. The van der Waals surface area contributed by atoms with Crippen LogP contribution in [-0.2, 0) is 19.1 Å². The minimum Gasteiger partial charge on any atom is -0.454 e. The third-order valence-corrected chi connectivity index (χ3v) is 3.95. The SMILES string of the molecule is O=C(COC(=O)CNC(=O)C1CCCCC1)Nc1ccc(F)c(F)c1. The molecule has 0 aromatic heterocycles. The number of rotatable bonds is 6. The van der Waals surface area contributed by atoms with E-state index in [1.54, 1.807) is 0 Å². The molecule has 0 heterocycles. The van der Waals surface area contributed by atoms with Crippen molar-refractivity contribution in [3.05, 3.63) is 29.8 Å². The minimum absolute atomic E-state index is 0.0468. The molecule has 0 atom stereocenters. The molecule has 136 valence electrons. The first kappa shape index (κ1) is 18.8. The first-order valence-electron chi connectivity index (χ1n) is 8.14. The molecule has 0 radical (unpaired) electrons. The van der Waals surface area contributed by atoms with Crippen molar-refractivity contribution in [2.45, 2.75) is 32.1 Å². The number of anilines is 1. The normalized spacial score (nSPS) is 14.6. The molecule has 2 N–H and O–H groups in total. The standard InChI is InChI=1S/C17H20F2N2O4/c18-13-7-6-12(8-14(13)19)21-15(22)10-25-16(23)9-20-17(24)11-4-2-1-3-5-11/h6-8,11H,1-5,9-10H2,(H,20,24)(H,21,22). The van der Waals surface area contributed by atoms with E-state index in [9.17, 15) is 23.2 Å². The predicted octanol–water partition coefficient (Wildman–Crippen LogP) is 2.14. The molecule has 6 nitrogen and oxygen atoms in total. The summed E-state index contributed by atoms with van der Waals surface area (Å²) < 4.78 is 30.5. The Morgan fingerprint density at radius 3 is 2.48 bits per heavy atom. The van der Waals surface area contributed by atoms with Gasteiger partial charge in [0.1, 0.15) is 6.54 Å². The van der Waals surface area contributed by atoms with Gasteiger partial charge in [0.25, 0.3) is 5.91 Å². The summed E-state index contributed by atoms with van der Waals surface area (Å²) in [6, 6.07) is 2.87. The van der Waals surface area contributed by atoms with Crippen molar-refractivity contribution in [1.82, 2.24) is 5.32 Å². The predicted molar refractivity (Wildman–Crippen MR) is 85.5 cm³/mol. The summed E-state index contributed by atoms with van der Waals surface area (Å²) in [4.78, 5) is 35.0. The minimum atomic E-state index is -1.10. The van der Waals surface area contributed by atoms with E-state index < -0.39 is 30.1 Å². The molecule has 0 aliphatic heterocycles. The van der Waals surface area contributed by atoms with Crippen LogP contribution < -0.4 is 10.6 Å². The molecule has 25 heavy (non-hydrogen) atoms. The van der Waals surface area contributed by atoms with Gasteiger partial charge in [-0.25, -0.2) is 8.78 Å². The summed E-state index contributed by atoms with van der Waals surface area (Å²) in [5.74, 6) is -3.82. The van der Waals surface area contributed by atoms with Crippen molar-refractivity contribution < 1.29 is 27.9 Å². The van der Waals surface area contributed by atoms with E-state index in [1.165, 1.54) is 6.07 Å². The number of carbonyl (C=O) groups excluding carboxylic acids is 3. The van der Waals surface area contributed by atoms with Crippen molar-refractivity contribution in [3.63, 3.8) is 0 Å². The number of hydrogen-bond acceptors (Lipinski definition) is 4. The molecular formula is C17H20F2N2O4. The second-order valence-electron chi connectivity index (χ2n) is 5.89. The number of halogens is 2. The lowest BCUT2D eigenvalue weighted by atomic mass is 9.89. The van der Waals surface area contributed by atoms with E-state index in [2.05, 4.69) is 10.6 Å². The van der Waals surface area contributed by atoms with E-state index in [1.807, 2.05) is 0 Å². The molecule has 0 bridgehead atoms. The van der Waals surface area contributed by atoms with Crippen molar-refractivity contribution >= 4 is 23.5 Å². The van der Waals surface area contributed by atoms with Crippen molar-refractivity contribution in [2.75, 3.05) is 18.5 Å². The third kappa shape index (κ3) is 6.13. The van der Waals surface area contributed by atoms with Gasteiger partial charge < -0.3 is 15.4 Å². The third-order valence-electron chi connectivity index (χ3n) is 3.95. The molecule has 8 heteroatoms. The van der Waals surface area contributed by atoms with Gasteiger partial charge in [-0.15, -0.1) is 0 Å². The van der Waals surface area contributed by atoms with Crippen LogP contribution in [0.1, 0.15) is 32.1 Å². The molecule has 0 spiro atoms. The average molecular weight is 354 g/mol. The highest BCUT2D eigenvalue weighted by molar-refractivity contribution is 5.93. The van der Waals surface area contributed by atoms with Gasteiger partial charge in [-0.1, -0.05) is 19.3 Å². The number of ether oxygens (including phenoxy) is 1. The zero-order valence-electron chi connectivity index (χ0n) is 13.6. The van der Waals surface area contributed by atoms with Crippen molar-refractivity contribution in [1.29, 1.82) is 0 Å². The molecule has 1 saturated carbocycles. The Labute approximate surface area is 143 Å². The summed E-state index contributed by atoms with van der Waals surface area (Å²) in [6.45, 7) is -0.898. The summed E-state index contributed by atoms with van der Waals surface area (Å²) in [5, 5.41) is 4.77. The Bertz CT molecular complexity index is 646. The number of amides is 2. The Morgan fingerprint density at radius 2 is 1.80 bits per heavy atom. The smallest absolute Gasteiger partial charge is 0.325 e. The number of carbonyl (C=O) groups is 3. The fourth-order valence-corrected chi connectivity index (χ4v) is 2.64. The number of hydrogen-bond donors (Lipinski definition) is 2. The van der Waals surface area contributed by atoms with E-state index >= 15 is 0 Å². The first-order chi connectivity index (χ1) is 12.0. The fraction of sp³-hybridized carbons (Fsp3) is 0.471. The Balaban J connectivity index is 1.67. The highest BCUT2D eigenvalue weighted by atomic mass is 19.2. The van der Waals surface area contributed by atoms with Crippen LogP contribution in [0.15, 0.2) is 18.2 Å². The molecular weight excluding hydrogens is 334 g/mol. The van der Waals surface area contributed by atoms with E-state index in [0.29, 0.717) is 0 Å². The van der Waals surface area contributed by atoms with Gasteiger partial charge in [0.15, 0.2) is 18.2 Å². The van der Waals surface area contributed by atoms with Crippen LogP contribution in [-0.4, -0.2) is 30.9 Å². The van der Waals surface area contributed by atoms with Crippen LogP contribution in [0.25, 0.3) is 0 Å². The zero-order valence-corrected chi connectivity index (χ0v) is 13.6. The molecule has 0 unspecified atom stereocenters. The highest BCUT2D eigenvalue weighted by Gasteiger charge is 2.21. The lowest BCUT2D eigenvalue weighted by Gasteiger charge is -2.20. The van der Waals surface area contributed by atoms with Gasteiger partial charge in [0.05, 0.1) is 0 Å². The fourth-order valence-electron chi connectivity index (χ4n) is 2.64. The van der Waals surface area contributed by atoms with Crippen LogP contribution in [0, 0.1) is 17.6 Å². The Kier molecular flexibility index (Phi) is 6.85. The van der Waals surface area contributed by atoms with E-state index in [4.69, 9.17) is 4.74 Å². The number of nitrogens with one attached hydrogen (secondary N) is 2. The monoisotopic (exact) mass is 354 g/mol. The van der Waals surface area contributed by atoms with Gasteiger partial charge in [-0.3, -0.25) is 14.4 Å². The van der Waals surface area contributed by atoms with Crippen LogP contribution in [0.4, 0.5) is 14.5 Å². The maximum atomic E-state index is 13.0. The molecule has 1 aliphatic carbocycles. The molecule has 1 aromatic rings. The van der Waals surface area contributed by atoms with E-state index in [0.717, 1.165) is 44.2 Å². The molecule has 2 rings (SSSR count). The Hall–Kier alpha value is -2.51. The Morgan fingerprint density at radius 1 is 1.08 bits per heavy atom. The van der Waals surface area contributed by atoms with Crippen LogP contribution >= 0.6 is 0 Å². The lowest BCUT2D eigenvalue weighted by Crippen LogP contribution is -2.36. The topological polar surface area (TPSA) is 84.5 Å². The first-order valence-corrected chi connectivity index (χ1v) is 8.14. The summed E-state index contributed by atoms with van der Waals surface area (Å²) in [7, 11) is 0. The summed E-state index contributed by atoms with van der Waals surface area (Å²) >= 11 is 0. The highest BCUT2D eigenvalue weighted by Crippen LogP contribution is 2.23. The van der Waals surface area contributed by atoms with Gasteiger partial charge in [0, 0.05) is 17.7 Å². The maximum absolute atomic E-state index is 13.0.